The Bertz CT molecular complexity index is 451. The van der Waals surface area contributed by atoms with Gasteiger partial charge in [0.1, 0.15) is 0 Å². The Balaban J connectivity index is 0.000000810. The Morgan fingerprint density at radius 2 is 2.00 bits per heavy atom. The molecule has 0 N–H and O–H groups in total. The predicted octanol–water partition coefficient (Wildman–Crippen LogP) is 1.45. The van der Waals surface area contributed by atoms with Gasteiger partial charge in [0.2, 0.25) is 0 Å². The molecule has 1 aromatic carbocycles. The molecule has 0 nitrogen and oxygen atoms in total. The minimum atomic E-state index is 0. The Morgan fingerprint density at radius 1 is 1.29 bits per heavy atom. The normalized spacial score (nSPS) is 21.9. The number of benzene rings is 1. The molecule has 2 aliphatic rings. The molecule has 0 amide bonds. The van der Waals surface area contributed by atoms with Gasteiger partial charge in [-0.15, -0.1) is 0 Å². The summed E-state index contributed by atoms with van der Waals surface area (Å²) < 4.78 is 0. The van der Waals surface area contributed by atoms with Crippen molar-refractivity contribution < 1.29 is 20.3 Å². The Kier molecular flexibility index (Phi) is 3.86. The van der Waals surface area contributed by atoms with Gasteiger partial charge in [-0.3, -0.25) is 0 Å². The minimum absolute atomic E-state index is 0. The van der Waals surface area contributed by atoms with Gasteiger partial charge in [-0.05, 0) is 47.4 Å². The second-order valence-electron chi connectivity index (χ2n) is 5.37. The van der Waals surface area contributed by atoms with Gasteiger partial charge in [0.15, 0.2) is 0 Å². The van der Waals surface area contributed by atoms with Crippen molar-refractivity contribution in [2.45, 2.75) is 45.4 Å². The largest absolute Gasteiger partial charge is 1.00 e. The smallest absolute Gasteiger partial charge is 1.00 e. The fourth-order valence-corrected chi connectivity index (χ4v) is 3.16. The Hall–Kier alpha value is -0.443. The molecule has 2 aliphatic carbocycles. The maximum Gasteiger partial charge on any atom is 1.00 e. The number of allylic oxidation sites excluding steroid dienone is 1. The molecule has 3 rings (SSSR count). The number of hydrogen-bond acceptors (Lipinski definition) is 0. The molecule has 0 heterocycles. The van der Waals surface area contributed by atoms with Crippen molar-refractivity contribution in [3.8, 4) is 0 Å². The molecule has 0 spiro atoms. The van der Waals surface area contributed by atoms with Crippen LogP contribution in [0, 0.1) is 5.92 Å². The van der Waals surface area contributed by atoms with E-state index in [0.717, 1.165) is 5.92 Å². The molecular weight excluding hydrogens is 199 g/mol. The quantitative estimate of drug-likeness (QED) is 0.662. The monoisotopic (exact) mass is 220 g/mol. The van der Waals surface area contributed by atoms with Gasteiger partial charge >= 0.3 is 18.9 Å². The molecule has 0 saturated heterocycles. The van der Waals surface area contributed by atoms with E-state index < -0.39 is 0 Å². The third-order valence-corrected chi connectivity index (χ3v) is 4.40. The molecule has 0 aromatic heterocycles. The summed E-state index contributed by atoms with van der Waals surface area (Å²) in [6, 6.07) is 4.94. The molecule has 0 saturated carbocycles. The summed E-state index contributed by atoms with van der Waals surface area (Å²) in [7, 11) is 0. The average Bonchev–Trinajstić information content (AvgIpc) is 2.90. The van der Waals surface area contributed by atoms with Gasteiger partial charge in [-0.1, -0.05) is 44.6 Å². The second-order valence-corrected chi connectivity index (χ2v) is 5.37. The van der Waals surface area contributed by atoms with Crippen LogP contribution in [0.5, 0.6) is 0 Å². The number of fused-ring (bicyclic) bond motifs is 2. The summed E-state index contributed by atoms with van der Waals surface area (Å²) in [5.41, 5.74) is 6.31. The molecule has 2 unspecified atom stereocenters. The summed E-state index contributed by atoms with van der Waals surface area (Å²) in [5, 5.41) is 0. The van der Waals surface area contributed by atoms with E-state index in [1.165, 1.54) is 31.2 Å². The van der Waals surface area contributed by atoms with Crippen molar-refractivity contribution >= 4 is 6.08 Å². The molecule has 0 radical (unpaired) electrons. The molecule has 0 aliphatic heterocycles. The predicted molar refractivity (Wildman–Crippen MR) is 70.8 cm³/mol. The van der Waals surface area contributed by atoms with Crippen LogP contribution in [0.15, 0.2) is 18.2 Å². The van der Waals surface area contributed by atoms with Gasteiger partial charge in [0.05, 0.1) is 0 Å². The van der Waals surface area contributed by atoms with Crippen LogP contribution in [-0.4, -0.2) is 0 Å². The van der Waals surface area contributed by atoms with E-state index in [4.69, 9.17) is 0 Å². The first-order valence-electron chi connectivity index (χ1n) is 6.63. The van der Waals surface area contributed by atoms with E-state index in [2.05, 4.69) is 38.1 Å². The van der Waals surface area contributed by atoms with Gasteiger partial charge in [0, 0.05) is 5.92 Å². The van der Waals surface area contributed by atoms with Gasteiger partial charge < -0.3 is 1.43 Å². The van der Waals surface area contributed by atoms with E-state index in [1.54, 1.807) is 16.7 Å². The van der Waals surface area contributed by atoms with E-state index in [-0.39, 0.29) is 20.3 Å². The van der Waals surface area contributed by atoms with Crippen molar-refractivity contribution in [2.24, 2.45) is 5.92 Å². The van der Waals surface area contributed by atoms with Crippen molar-refractivity contribution in [3.63, 3.8) is 0 Å². The Morgan fingerprint density at radius 3 is 2.71 bits per heavy atom. The summed E-state index contributed by atoms with van der Waals surface area (Å²) >= 11 is 0. The van der Waals surface area contributed by atoms with Crippen LogP contribution in [0.4, 0.5) is 0 Å². The zero-order valence-electron chi connectivity index (χ0n) is 12.3. The molecule has 2 atom stereocenters. The van der Waals surface area contributed by atoms with Crippen LogP contribution < -0.4 is 18.9 Å². The number of hydrogen-bond donors (Lipinski definition) is 0. The van der Waals surface area contributed by atoms with Gasteiger partial charge in [0.25, 0.3) is 0 Å². The third-order valence-electron chi connectivity index (χ3n) is 4.40. The van der Waals surface area contributed by atoms with Crippen molar-refractivity contribution in [2.75, 3.05) is 0 Å². The maximum atomic E-state index is 2.49. The maximum absolute atomic E-state index is 2.49. The molecule has 1 aromatic rings. The SMILES string of the molecule is CCC(C)C1C=Cc2cc3c(cc21)CCC3.[H-].[Li+]. The van der Waals surface area contributed by atoms with Crippen molar-refractivity contribution in [3.05, 3.63) is 40.5 Å². The van der Waals surface area contributed by atoms with Crippen LogP contribution in [0.2, 0.25) is 0 Å². The summed E-state index contributed by atoms with van der Waals surface area (Å²) in [6.45, 7) is 4.67. The van der Waals surface area contributed by atoms with E-state index in [1.807, 2.05) is 0 Å². The molecule has 0 fully saturated rings. The number of rotatable bonds is 2. The van der Waals surface area contributed by atoms with Crippen LogP contribution in [0.25, 0.3) is 6.08 Å². The fraction of sp³-hybridized carbons (Fsp3) is 0.500. The fourth-order valence-electron chi connectivity index (χ4n) is 3.16. The molecule has 0 bridgehead atoms. The first-order valence-corrected chi connectivity index (χ1v) is 6.63. The van der Waals surface area contributed by atoms with Crippen LogP contribution in [0.1, 0.15) is 56.3 Å². The van der Waals surface area contributed by atoms with E-state index >= 15 is 0 Å². The molecule has 1 heteroatoms. The second kappa shape index (κ2) is 5.05. The molecular formula is C16H21Li. The third kappa shape index (κ3) is 2.14. The minimum Gasteiger partial charge on any atom is -1.00 e. The molecule has 17 heavy (non-hydrogen) atoms. The van der Waals surface area contributed by atoms with Crippen LogP contribution in [0.3, 0.4) is 0 Å². The summed E-state index contributed by atoms with van der Waals surface area (Å²) in [6.07, 6.45) is 9.97. The zero-order chi connectivity index (χ0) is 11.1. The summed E-state index contributed by atoms with van der Waals surface area (Å²) in [4.78, 5) is 0. The Labute approximate surface area is 118 Å². The van der Waals surface area contributed by atoms with Gasteiger partial charge in [-0.2, -0.15) is 0 Å². The van der Waals surface area contributed by atoms with Crippen molar-refractivity contribution in [1.82, 2.24) is 0 Å². The topological polar surface area (TPSA) is 0 Å². The van der Waals surface area contributed by atoms with E-state index in [0.29, 0.717) is 5.92 Å². The zero-order valence-corrected chi connectivity index (χ0v) is 11.3. The van der Waals surface area contributed by atoms with Gasteiger partial charge in [-0.25, -0.2) is 0 Å². The first-order chi connectivity index (χ1) is 7.79. The average molecular weight is 220 g/mol. The number of aryl methyl sites for hydroxylation is 2. The summed E-state index contributed by atoms with van der Waals surface area (Å²) in [5.74, 6) is 1.45. The van der Waals surface area contributed by atoms with Crippen molar-refractivity contribution in [1.29, 1.82) is 0 Å². The van der Waals surface area contributed by atoms with E-state index in [9.17, 15) is 0 Å². The standard InChI is InChI=1S/C16H20.Li.H/c1-3-11(2)15-8-7-14-9-12-5-4-6-13(12)10-16(14)15;;/h7-11,15H,3-6H2,1-2H3;;/q;+1;-1. The van der Waals surface area contributed by atoms with Crippen LogP contribution >= 0.6 is 0 Å². The van der Waals surface area contributed by atoms with Crippen LogP contribution in [-0.2, 0) is 12.8 Å². The molecule has 86 valence electrons. The first kappa shape index (κ1) is 13.0.